The summed E-state index contributed by atoms with van der Waals surface area (Å²) in [6.07, 6.45) is 7.94. The summed E-state index contributed by atoms with van der Waals surface area (Å²) in [6, 6.07) is 7.25. The third-order valence-corrected chi connectivity index (χ3v) is 2.02. The molecule has 0 amide bonds. The summed E-state index contributed by atoms with van der Waals surface area (Å²) in [4.78, 5) is 0. The molecule has 0 atom stereocenters. The Balaban J connectivity index is 0.000000302. The van der Waals surface area contributed by atoms with E-state index in [4.69, 9.17) is 9.84 Å². The Morgan fingerprint density at radius 3 is 1.94 bits per heavy atom. The number of ether oxygens (including phenoxy) is 1. The second-order valence-electron chi connectivity index (χ2n) is 3.46. The molecule has 0 aromatic heterocycles. The van der Waals surface area contributed by atoms with Crippen LogP contribution in [0.15, 0.2) is 48.6 Å². The van der Waals surface area contributed by atoms with Crippen LogP contribution in [0.2, 0.25) is 0 Å². The average Bonchev–Trinajstić information content (AvgIpc) is 2.34. The van der Waals surface area contributed by atoms with Gasteiger partial charge in [0.05, 0.1) is 13.2 Å². The zero-order valence-corrected chi connectivity index (χ0v) is 10.9. The summed E-state index contributed by atoms with van der Waals surface area (Å²) >= 11 is 0. The zero-order valence-electron chi connectivity index (χ0n) is 10.9. The quantitative estimate of drug-likeness (QED) is 0.633. The van der Waals surface area contributed by atoms with Crippen molar-refractivity contribution in [1.82, 2.24) is 0 Å². The van der Waals surface area contributed by atoms with Gasteiger partial charge in [0.1, 0.15) is 5.75 Å². The van der Waals surface area contributed by atoms with Crippen LogP contribution in [0.1, 0.15) is 19.4 Å². The van der Waals surface area contributed by atoms with Crippen LogP contribution in [0, 0.1) is 6.92 Å². The van der Waals surface area contributed by atoms with Crippen molar-refractivity contribution in [2.45, 2.75) is 20.8 Å². The van der Waals surface area contributed by atoms with Gasteiger partial charge in [0.15, 0.2) is 0 Å². The van der Waals surface area contributed by atoms with Gasteiger partial charge in [0.2, 0.25) is 0 Å². The van der Waals surface area contributed by atoms with Crippen molar-refractivity contribution in [2.24, 2.45) is 0 Å². The van der Waals surface area contributed by atoms with Crippen molar-refractivity contribution in [3.8, 4) is 5.75 Å². The van der Waals surface area contributed by atoms with Crippen molar-refractivity contribution < 1.29 is 9.84 Å². The van der Waals surface area contributed by atoms with Crippen molar-refractivity contribution in [3.05, 3.63) is 54.1 Å². The maximum atomic E-state index is 8.92. The first-order valence-electron chi connectivity index (χ1n) is 5.77. The Morgan fingerprint density at radius 1 is 1.06 bits per heavy atom. The van der Waals surface area contributed by atoms with E-state index in [0.29, 0.717) is 5.75 Å². The van der Waals surface area contributed by atoms with E-state index in [1.165, 1.54) is 0 Å². The van der Waals surface area contributed by atoms with Crippen LogP contribution in [0.5, 0.6) is 5.75 Å². The van der Waals surface area contributed by atoms with Gasteiger partial charge in [0.25, 0.3) is 0 Å². The van der Waals surface area contributed by atoms with Crippen molar-refractivity contribution in [1.29, 1.82) is 0 Å². The van der Waals surface area contributed by atoms with Crippen LogP contribution in [-0.4, -0.2) is 18.3 Å². The van der Waals surface area contributed by atoms with Gasteiger partial charge in [-0.05, 0) is 32.4 Å². The molecule has 0 aliphatic carbocycles. The van der Waals surface area contributed by atoms with E-state index < -0.39 is 0 Å². The third kappa shape index (κ3) is 9.39. The van der Waals surface area contributed by atoms with Gasteiger partial charge >= 0.3 is 0 Å². The Morgan fingerprint density at radius 2 is 1.59 bits per heavy atom. The molecule has 94 valence electrons. The highest BCUT2D eigenvalue weighted by molar-refractivity contribution is 5.29. The number of aryl methyl sites for hydroxylation is 1. The van der Waals surface area contributed by atoms with Crippen LogP contribution >= 0.6 is 0 Å². The van der Waals surface area contributed by atoms with E-state index in [2.05, 4.69) is 0 Å². The second kappa shape index (κ2) is 11.0. The molecule has 0 fully saturated rings. The molecule has 0 saturated heterocycles. The number of phenols is 1. The number of allylic oxidation sites excluding steroid dienone is 2. The second-order valence-corrected chi connectivity index (χ2v) is 3.46. The lowest BCUT2D eigenvalue weighted by molar-refractivity contribution is 0.194. The maximum absolute atomic E-state index is 8.92. The predicted molar refractivity (Wildman–Crippen MR) is 73.3 cm³/mol. The molecule has 2 nitrogen and oxygen atoms in total. The van der Waals surface area contributed by atoms with Gasteiger partial charge in [-0.3, -0.25) is 0 Å². The molecule has 0 aliphatic rings. The minimum Gasteiger partial charge on any atom is -0.508 e. The SMILES string of the molecule is C/C=C/COC/C=C/C.Cc1ccccc1O. The smallest absolute Gasteiger partial charge is 0.118 e. The molecular weight excluding hydrogens is 212 g/mol. The normalized spacial score (nSPS) is 10.5. The molecule has 0 unspecified atom stereocenters. The number of aromatic hydroxyl groups is 1. The maximum Gasteiger partial charge on any atom is 0.118 e. The number of hydrogen-bond donors (Lipinski definition) is 1. The average molecular weight is 234 g/mol. The number of rotatable bonds is 4. The van der Waals surface area contributed by atoms with Crippen LogP contribution in [-0.2, 0) is 4.74 Å². The van der Waals surface area contributed by atoms with Crippen LogP contribution in [0.25, 0.3) is 0 Å². The molecule has 2 heteroatoms. The molecule has 17 heavy (non-hydrogen) atoms. The standard InChI is InChI=1S/C8H14O.C7H8O/c1-3-5-7-9-8-6-4-2;1-6-4-2-3-5-7(6)8/h3-6H,7-8H2,1-2H3;2-5,8H,1H3/b5-3+,6-4+;. The first-order chi connectivity index (χ1) is 8.22. The summed E-state index contributed by atoms with van der Waals surface area (Å²) in [6.45, 7) is 7.29. The van der Waals surface area contributed by atoms with Crippen molar-refractivity contribution in [2.75, 3.05) is 13.2 Å². The lowest BCUT2D eigenvalue weighted by Crippen LogP contribution is -1.89. The Kier molecular flexibility index (Phi) is 9.97. The minimum absolute atomic E-state index is 0.368. The summed E-state index contributed by atoms with van der Waals surface area (Å²) in [7, 11) is 0. The molecule has 1 rings (SSSR count). The summed E-state index contributed by atoms with van der Waals surface area (Å²) in [5.74, 6) is 0.368. The number of phenolic OH excluding ortho intramolecular Hbond substituents is 1. The van der Waals surface area contributed by atoms with Gasteiger partial charge in [-0.25, -0.2) is 0 Å². The van der Waals surface area contributed by atoms with Crippen LogP contribution in [0.3, 0.4) is 0 Å². The van der Waals surface area contributed by atoms with Gasteiger partial charge in [0, 0.05) is 0 Å². The zero-order chi connectivity index (χ0) is 12.9. The Bertz CT molecular complexity index is 308. The fourth-order valence-electron chi connectivity index (χ4n) is 0.960. The third-order valence-electron chi connectivity index (χ3n) is 2.02. The molecule has 0 spiro atoms. The van der Waals surface area contributed by atoms with Crippen LogP contribution < -0.4 is 0 Å². The van der Waals surface area contributed by atoms with Gasteiger partial charge < -0.3 is 9.84 Å². The molecule has 1 N–H and O–H groups in total. The lowest BCUT2D eigenvalue weighted by Gasteiger charge is -1.92. The monoisotopic (exact) mass is 234 g/mol. The first-order valence-corrected chi connectivity index (χ1v) is 5.77. The van der Waals surface area contributed by atoms with Crippen LogP contribution in [0.4, 0.5) is 0 Å². The Labute approximate surface area is 104 Å². The van der Waals surface area contributed by atoms with E-state index in [1.54, 1.807) is 6.07 Å². The lowest BCUT2D eigenvalue weighted by atomic mass is 10.2. The van der Waals surface area contributed by atoms with Gasteiger partial charge in [-0.1, -0.05) is 42.5 Å². The largest absolute Gasteiger partial charge is 0.508 e. The fourth-order valence-corrected chi connectivity index (χ4v) is 0.960. The predicted octanol–water partition coefficient (Wildman–Crippen LogP) is 3.86. The molecular formula is C15H22O2. The number of hydrogen-bond acceptors (Lipinski definition) is 2. The molecule has 0 aliphatic heterocycles. The Hall–Kier alpha value is -1.54. The van der Waals surface area contributed by atoms with Gasteiger partial charge in [-0.2, -0.15) is 0 Å². The molecule has 0 bridgehead atoms. The fraction of sp³-hybridized carbons (Fsp3) is 0.333. The summed E-state index contributed by atoms with van der Waals surface area (Å²) < 4.78 is 5.14. The molecule has 1 aromatic rings. The molecule has 0 heterocycles. The van der Waals surface area contributed by atoms with E-state index in [1.807, 2.05) is 63.3 Å². The van der Waals surface area contributed by atoms with Gasteiger partial charge in [-0.15, -0.1) is 0 Å². The highest BCUT2D eigenvalue weighted by Gasteiger charge is 1.87. The summed E-state index contributed by atoms with van der Waals surface area (Å²) in [5, 5.41) is 8.92. The number of benzene rings is 1. The van der Waals surface area contributed by atoms with E-state index >= 15 is 0 Å². The topological polar surface area (TPSA) is 29.5 Å². The van der Waals surface area contributed by atoms with Crippen molar-refractivity contribution in [3.63, 3.8) is 0 Å². The number of para-hydroxylation sites is 1. The van der Waals surface area contributed by atoms with E-state index in [-0.39, 0.29) is 0 Å². The highest BCUT2D eigenvalue weighted by atomic mass is 16.5. The first kappa shape index (κ1) is 15.5. The van der Waals surface area contributed by atoms with E-state index in [9.17, 15) is 0 Å². The highest BCUT2D eigenvalue weighted by Crippen LogP contribution is 2.12. The molecule has 0 saturated carbocycles. The minimum atomic E-state index is 0.368. The summed E-state index contributed by atoms with van der Waals surface area (Å²) in [5.41, 5.74) is 0.924. The molecule has 1 aromatic carbocycles. The van der Waals surface area contributed by atoms with Crippen molar-refractivity contribution >= 4 is 0 Å². The van der Waals surface area contributed by atoms with E-state index in [0.717, 1.165) is 18.8 Å². The molecule has 0 radical (unpaired) electrons.